The molecule has 1 saturated heterocycles. The molecule has 112 valence electrons. The Morgan fingerprint density at radius 1 is 1.38 bits per heavy atom. The molecule has 1 atom stereocenters. The van der Waals surface area contributed by atoms with Crippen molar-refractivity contribution in [3.05, 3.63) is 41.0 Å². The molecule has 1 unspecified atom stereocenters. The van der Waals surface area contributed by atoms with Crippen LogP contribution < -0.4 is 0 Å². The van der Waals surface area contributed by atoms with Crippen molar-refractivity contribution in [3.8, 4) is 0 Å². The summed E-state index contributed by atoms with van der Waals surface area (Å²) in [6, 6.07) is 5.06. The van der Waals surface area contributed by atoms with Crippen molar-refractivity contribution in [1.29, 1.82) is 0 Å². The van der Waals surface area contributed by atoms with E-state index in [1.165, 1.54) is 11.0 Å². The molecule has 1 aromatic carbocycles. The van der Waals surface area contributed by atoms with Gasteiger partial charge in [0, 0.05) is 12.6 Å². The Morgan fingerprint density at radius 2 is 2.14 bits per heavy atom. The summed E-state index contributed by atoms with van der Waals surface area (Å²) < 4.78 is 5.12. The number of morpholine rings is 1. The lowest BCUT2D eigenvalue weighted by Crippen LogP contribution is -2.52. The lowest BCUT2D eigenvalue weighted by Gasteiger charge is -2.32. The summed E-state index contributed by atoms with van der Waals surface area (Å²) in [6.45, 7) is 4.70. The van der Waals surface area contributed by atoms with Crippen LogP contribution in [0.5, 0.6) is 0 Å². The van der Waals surface area contributed by atoms with Crippen LogP contribution in [0.25, 0.3) is 6.08 Å². The van der Waals surface area contributed by atoms with Crippen molar-refractivity contribution in [2.75, 3.05) is 19.8 Å². The zero-order valence-corrected chi connectivity index (χ0v) is 12.2. The van der Waals surface area contributed by atoms with Crippen molar-refractivity contribution < 1.29 is 19.4 Å². The van der Waals surface area contributed by atoms with Gasteiger partial charge in [-0.15, -0.1) is 0 Å². The van der Waals surface area contributed by atoms with Gasteiger partial charge in [-0.1, -0.05) is 23.8 Å². The zero-order valence-electron chi connectivity index (χ0n) is 12.2. The van der Waals surface area contributed by atoms with Gasteiger partial charge >= 0.3 is 5.97 Å². The summed E-state index contributed by atoms with van der Waals surface area (Å²) in [7, 11) is 0. The molecule has 1 aliphatic rings. The van der Waals surface area contributed by atoms with Gasteiger partial charge in [0.25, 0.3) is 0 Å². The van der Waals surface area contributed by atoms with Crippen LogP contribution in [-0.2, 0) is 14.3 Å². The van der Waals surface area contributed by atoms with Crippen LogP contribution in [0.2, 0.25) is 0 Å². The number of ether oxygens (including phenoxy) is 1. The quantitative estimate of drug-likeness (QED) is 0.859. The van der Waals surface area contributed by atoms with Gasteiger partial charge in [-0.2, -0.15) is 0 Å². The molecule has 2 rings (SSSR count). The molecule has 1 heterocycles. The number of aliphatic carboxylic acids is 1. The molecule has 21 heavy (non-hydrogen) atoms. The number of nitrogens with zero attached hydrogens (tertiary/aromatic N) is 1. The Hall–Kier alpha value is -2.14. The van der Waals surface area contributed by atoms with E-state index in [0.29, 0.717) is 13.2 Å². The SMILES string of the molecule is Cc1ccc(C=CC(=O)N2CCOCC2C(=O)O)c(C)c1. The normalized spacial score (nSPS) is 19.0. The van der Waals surface area contributed by atoms with Crippen LogP contribution in [0.3, 0.4) is 0 Å². The van der Waals surface area contributed by atoms with Crippen LogP contribution in [-0.4, -0.2) is 47.7 Å². The van der Waals surface area contributed by atoms with E-state index < -0.39 is 12.0 Å². The molecule has 5 nitrogen and oxygen atoms in total. The van der Waals surface area contributed by atoms with E-state index in [1.807, 2.05) is 32.0 Å². The molecule has 1 aliphatic heterocycles. The first-order valence-corrected chi connectivity index (χ1v) is 6.85. The van der Waals surface area contributed by atoms with Gasteiger partial charge in [-0.25, -0.2) is 4.79 Å². The molecule has 1 aromatic rings. The van der Waals surface area contributed by atoms with E-state index in [9.17, 15) is 9.59 Å². The summed E-state index contributed by atoms with van der Waals surface area (Å²) in [5, 5.41) is 9.12. The number of aryl methyl sites for hydroxylation is 2. The number of carbonyl (C=O) groups excluding carboxylic acids is 1. The number of hydrogen-bond donors (Lipinski definition) is 1. The second kappa shape index (κ2) is 6.54. The number of hydrogen-bond acceptors (Lipinski definition) is 3. The Balaban J connectivity index is 2.12. The predicted octanol–water partition coefficient (Wildman–Crippen LogP) is 1.63. The molecule has 5 heteroatoms. The molecule has 0 saturated carbocycles. The summed E-state index contributed by atoms with van der Waals surface area (Å²) >= 11 is 0. The topological polar surface area (TPSA) is 66.8 Å². The highest BCUT2D eigenvalue weighted by Crippen LogP contribution is 2.13. The molecule has 0 radical (unpaired) electrons. The number of carbonyl (C=O) groups is 2. The molecule has 1 fully saturated rings. The number of amides is 1. The van der Waals surface area contributed by atoms with Gasteiger partial charge < -0.3 is 14.7 Å². The van der Waals surface area contributed by atoms with Gasteiger partial charge in [0.1, 0.15) is 0 Å². The van der Waals surface area contributed by atoms with Crippen molar-refractivity contribution in [1.82, 2.24) is 4.90 Å². The molecule has 0 bridgehead atoms. The lowest BCUT2D eigenvalue weighted by molar-refractivity contribution is -0.156. The van der Waals surface area contributed by atoms with Crippen LogP contribution in [0.15, 0.2) is 24.3 Å². The second-order valence-electron chi connectivity index (χ2n) is 5.15. The number of carboxylic acids is 1. The van der Waals surface area contributed by atoms with E-state index in [-0.39, 0.29) is 12.5 Å². The largest absolute Gasteiger partial charge is 0.480 e. The standard InChI is InChI=1S/C16H19NO4/c1-11-3-4-13(12(2)9-11)5-6-15(18)17-7-8-21-10-14(17)16(19)20/h3-6,9,14H,7-8,10H2,1-2H3,(H,19,20). The lowest BCUT2D eigenvalue weighted by atomic mass is 10.1. The predicted molar refractivity (Wildman–Crippen MR) is 78.9 cm³/mol. The Kier molecular flexibility index (Phi) is 4.75. The van der Waals surface area contributed by atoms with E-state index in [0.717, 1.165) is 16.7 Å². The van der Waals surface area contributed by atoms with Gasteiger partial charge in [0.15, 0.2) is 6.04 Å². The maximum Gasteiger partial charge on any atom is 0.328 e. The van der Waals surface area contributed by atoms with Crippen molar-refractivity contribution >= 4 is 18.0 Å². The number of benzene rings is 1. The molecule has 0 aromatic heterocycles. The zero-order chi connectivity index (χ0) is 15.4. The fourth-order valence-corrected chi connectivity index (χ4v) is 2.34. The first-order chi connectivity index (χ1) is 9.99. The Morgan fingerprint density at radius 3 is 2.81 bits per heavy atom. The van der Waals surface area contributed by atoms with Crippen molar-refractivity contribution in [2.45, 2.75) is 19.9 Å². The van der Waals surface area contributed by atoms with E-state index in [1.54, 1.807) is 6.08 Å². The first-order valence-electron chi connectivity index (χ1n) is 6.85. The third-order valence-electron chi connectivity index (χ3n) is 3.53. The van der Waals surface area contributed by atoms with Crippen molar-refractivity contribution in [3.63, 3.8) is 0 Å². The minimum Gasteiger partial charge on any atom is -0.480 e. The van der Waals surface area contributed by atoms with Crippen LogP contribution in [0, 0.1) is 13.8 Å². The van der Waals surface area contributed by atoms with Gasteiger partial charge in [0.2, 0.25) is 5.91 Å². The summed E-state index contributed by atoms with van der Waals surface area (Å²) in [6.07, 6.45) is 3.16. The van der Waals surface area contributed by atoms with Gasteiger partial charge in [-0.3, -0.25) is 4.79 Å². The Labute approximate surface area is 123 Å². The maximum absolute atomic E-state index is 12.2. The molecule has 0 aliphatic carbocycles. The Bertz CT molecular complexity index is 580. The minimum atomic E-state index is -1.04. The summed E-state index contributed by atoms with van der Waals surface area (Å²) in [5.41, 5.74) is 3.19. The highest BCUT2D eigenvalue weighted by atomic mass is 16.5. The smallest absolute Gasteiger partial charge is 0.328 e. The maximum atomic E-state index is 12.2. The fourth-order valence-electron chi connectivity index (χ4n) is 2.34. The van der Waals surface area contributed by atoms with Gasteiger partial charge in [0.05, 0.1) is 13.2 Å². The minimum absolute atomic E-state index is 0.0402. The summed E-state index contributed by atoms with van der Waals surface area (Å²) in [5.74, 6) is -1.34. The van der Waals surface area contributed by atoms with Crippen molar-refractivity contribution in [2.24, 2.45) is 0 Å². The van der Waals surface area contributed by atoms with Crippen LogP contribution >= 0.6 is 0 Å². The highest BCUT2D eigenvalue weighted by molar-refractivity contribution is 5.94. The van der Waals surface area contributed by atoms with E-state index in [4.69, 9.17) is 9.84 Å². The molecule has 0 spiro atoms. The van der Waals surface area contributed by atoms with Gasteiger partial charge in [-0.05, 0) is 31.1 Å². The monoisotopic (exact) mass is 289 g/mol. The summed E-state index contributed by atoms with van der Waals surface area (Å²) in [4.78, 5) is 24.7. The molecule has 1 N–H and O–H groups in total. The van der Waals surface area contributed by atoms with Crippen LogP contribution in [0.1, 0.15) is 16.7 Å². The van der Waals surface area contributed by atoms with E-state index in [2.05, 4.69) is 0 Å². The first kappa shape index (κ1) is 15.3. The second-order valence-corrected chi connectivity index (χ2v) is 5.15. The van der Waals surface area contributed by atoms with E-state index >= 15 is 0 Å². The third-order valence-corrected chi connectivity index (χ3v) is 3.53. The molecular formula is C16H19NO4. The molecule has 1 amide bonds. The third kappa shape index (κ3) is 3.70. The average molecular weight is 289 g/mol. The average Bonchev–Trinajstić information content (AvgIpc) is 2.46. The number of carboxylic acid groups (broad SMARTS) is 1. The fraction of sp³-hybridized carbons (Fsp3) is 0.375. The number of rotatable bonds is 3. The van der Waals surface area contributed by atoms with Crippen LogP contribution in [0.4, 0.5) is 0 Å². The molecular weight excluding hydrogens is 270 g/mol. The highest BCUT2D eigenvalue weighted by Gasteiger charge is 2.31.